The van der Waals surface area contributed by atoms with Crippen LogP contribution in [0.2, 0.25) is 0 Å². The van der Waals surface area contributed by atoms with Crippen molar-refractivity contribution in [1.82, 2.24) is 10.2 Å². The Balaban J connectivity index is 1.92. The van der Waals surface area contributed by atoms with Gasteiger partial charge in [0.1, 0.15) is 6.04 Å². The highest BCUT2D eigenvalue weighted by Crippen LogP contribution is 2.26. The van der Waals surface area contributed by atoms with E-state index >= 15 is 0 Å². The van der Waals surface area contributed by atoms with E-state index in [1.54, 1.807) is 11.0 Å². The number of hydrogen-bond acceptors (Lipinski definition) is 4. The molecule has 3 rings (SSSR count). The van der Waals surface area contributed by atoms with Crippen molar-refractivity contribution in [2.75, 3.05) is 17.1 Å². The number of carbonyl (C=O) groups excluding carboxylic acids is 2. The van der Waals surface area contributed by atoms with E-state index in [0.29, 0.717) is 18.5 Å². The van der Waals surface area contributed by atoms with Crippen LogP contribution in [0.4, 0.5) is 5.69 Å². The summed E-state index contributed by atoms with van der Waals surface area (Å²) in [6, 6.07) is 22.4. The van der Waals surface area contributed by atoms with Gasteiger partial charge in [0.05, 0.1) is 11.9 Å². The van der Waals surface area contributed by atoms with Gasteiger partial charge in [-0.3, -0.25) is 13.9 Å². The normalized spacial score (nSPS) is 12.5. The number of nitrogens with zero attached hydrogens (tertiary/aromatic N) is 2. The lowest BCUT2D eigenvalue weighted by atomic mass is 10.00. The molecule has 0 saturated heterocycles. The van der Waals surface area contributed by atoms with E-state index in [-0.39, 0.29) is 31.3 Å². The topological polar surface area (TPSA) is 86.8 Å². The Morgan fingerprint density at radius 1 is 0.881 bits per heavy atom. The summed E-state index contributed by atoms with van der Waals surface area (Å²) < 4.78 is 27.0. The van der Waals surface area contributed by atoms with Gasteiger partial charge in [0.25, 0.3) is 0 Å². The van der Waals surface area contributed by atoms with Crippen molar-refractivity contribution < 1.29 is 18.0 Å². The molecule has 42 heavy (non-hydrogen) atoms. The molecule has 0 aliphatic carbocycles. The van der Waals surface area contributed by atoms with Crippen LogP contribution >= 0.6 is 0 Å². The summed E-state index contributed by atoms with van der Waals surface area (Å²) in [4.78, 5) is 29.4. The molecule has 0 radical (unpaired) electrons. The fourth-order valence-corrected chi connectivity index (χ4v) is 6.02. The monoisotopic (exact) mass is 591 g/mol. The third-order valence-corrected chi connectivity index (χ3v) is 8.38. The van der Waals surface area contributed by atoms with Crippen LogP contribution in [0.15, 0.2) is 72.8 Å². The van der Waals surface area contributed by atoms with E-state index in [1.807, 2.05) is 108 Å². The summed E-state index contributed by atoms with van der Waals surface area (Å²) in [5, 5.41) is 3.08. The van der Waals surface area contributed by atoms with Crippen LogP contribution in [0, 0.1) is 20.8 Å². The molecule has 0 fully saturated rings. The molecular weight excluding hydrogens is 546 g/mol. The molecule has 2 amide bonds. The average Bonchev–Trinajstić information content (AvgIpc) is 2.89. The average molecular weight is 592 g/mol. The third-order valence-electron chi connectivity index (χ3n) is 7.20. The third kappa shape index (κ3) is 9.44. The molecule has 0 aromatic heterocycles. The number of carbonyl (C=O) groups is 2. The predicted octanol–water partition coefficient (Wildman–Crippen LogP) is 5.71. The number of nitrogens with one attached hydrogen (secondary N) is 1. The number of aryl methyl sites for hydroxylation is 2. The fraction of sp³-hybridized carbons (Fsp3) is 0.412. The van der Waals surface area contributed by atoms with Crippen molar-refractivity contribution >= 4 is 27.5 Å². The highest BCUT2D eigenvalue weighted by Gasteiger charge is 2.32. The van der Waals surface area contributed by atoms with E-state index in [4.69, 9.17) is 0 Å². The summed E-state index contributed by atoms with van der Waals surface area (Å²) in [6.07, 6.45) is 1.95. The van der Waals surface area contributed by atoms with Crippen LogP contribution in [0.25, 0.3) is 0 Å². The number of hydrogen-bond donors (Lipinski definition) is 1. The van der Waals surface area contributed by atoms with Gasteiger partial charge in [-0.2, -0.15) is 0 Å². The molecule has 0 heterocycles. The first-order valence-corrected chi connectivity index (χ1v) is 16.3. The Labute approximate surface area is 252 Å². The molecule has 0 aliphatic heterocycles. The van der Waals surface area contributed by atoms with E-state index in [0.717, 1.165) is 27.8 Å². The molecule has 1 atom stereocenters. The second-order valence-electron chi connectivity index (χ2n) is 12.1. The Morgan fingerprint density at radius 2 is 1.52 bits per heavy atom. The van der Waals surface area contributed by atoms with Crippen molar-refractivity contribution in [3.63, 3.8) is 0 Å². The van der Waals surface area contributed by atoms with E-state index in [1.165, 1.54) is 10.6 Å². The Morgan fingerprint density at radius 3 is 2.14 bits per heavy atom. The lowest BCUT2D eigenvalue weighted by molar-refractivity contribution is -0.142. The second-order valence-corrected chi connectivity index (χ2v) is 14.0. The summed E-state index contributed by atoms with van der Waals surface area (Å²) in [7, 11) is -3.58. The first-order valence-electron chi connectivity index (χ1n) is 14.4. The lowest BCUT2D eigenvalue weighted by Gasteiger charge is -2.34. The zero-order valence-corrected chi connectivity index (χ0v) is 26.8. The summed E-state index contributed by atoms with van der Waals surface area (Å²) in [5.74, 6) is -0.420. The van der Waals surface area contributed by atoms with Gasteiger partial charge in [0.2, 0.25) is 21.8 Å². The molecule has 1 unspecified atom stereocenters. The number of benzene rings is 3. The smallest absolute Gasteiger partial charge is 0.243 e. The van der Waals surface area contributed by atoms with Crippen LogP contribution < -0.4 is 9.62 Å². The number of sulfonamides is 1. The second kappa shape index (κ2) is 14.0. The molecular formula is C34H45N3O4S. The van der Waals surface area contributed by atoms with Crippen molar-refractivity contribution in [2.24, 2.45) is 0 Å². The number of rotatable bonds is 12. The summed E-state index contributed by atoms with van der Waals surface area (Å²) in [6.45, 7) is 12.0. The van der Waals surface area contributed by atoms with Crippen LogP contribution in [0.3, 0.4) is 0 Å². The summed E-state index contributed by atoms with van der Waals surface area (Å²) >= 11 is 0. The van der Waals surface area contributed by atoms with Crippen LogP contribution in [-0.2, 0) is 32.6 Å². The maximum atomic E-state index is 14.0. The lowest BCUT2D eigenvalue weighted by Crippen LogP contribution is -2.54. The molecule has 0 aliphatic rings. The zero-order valence-electron chi connectivity index (χ0n) is 26.0. The maximum absolute atomic E-state index is 14.0. The van der Waals surface area contributed by atoms with Crippen LogP contribution in [0.5, 0.6) is 0 Å². The molecule has 0 saturated carbocycles. The van der Waals surface area contributed by atoms with Gasteiger partial charge in [0.15, 0.2) is 0 Å². The Kier molecular flexibility index (Phi) is 11.0. The molecule has 8 heteroatoms. The first-order chi connectivity index (χ1) is 19.7. The molecule has 1 N–H and O–H groups in total. The predicted molar refractivity (Wildman–Crippen MR) is 171 cm³/mol. The largest absolute Gasteiger partial charge is 0.350 e. The van der Waals surface area contributed by atoms with Crippen LogP contribution in [-0.4, -0.2) is 49.5 Å². The van der Waals surface area contributed by atoms with Crippen molar-refractivity contribution in [1.29, 1.82) is 0 Å². The van der Waals surface area contributed by atoms with Gasteiger partial charge in [-0.25, -0.2) is 8.42 Å². The minimum Gasteiger partial charge on any atom is -0.350 e. The molecule has 226 valence electrons. The number of anilines is 1. The van der Waals surface area contributed by atoms with Crippen LogP contribution in [0.1, 0.15) is 61.4 Å². The highest BCUT2D eigenvalue weighted by atomic mass is 32.2. The summed E-state index contributed by atoms with van der Waals surface area (Å²) in [5.41, 5.74) is 4.97. The molecule has 0 bridgehead atoms. The molecule has 0 spiro atoms. The van der Waals surface area contributed by atoms with Gasteiger partial charge in [0, 0.05) is 31.5 Å². The van der Waals surface area contributed by atoms with Crippen molar-refractivity contribution in [2.45, 2.75) is 78.9 Å². The van der Waals surface area contributed by atoms with Gasteiger partial charge in [-0.1, -0.05) is 72.3 Å². The first kappa shape index (κ1) is 32.9. The fourth-order valence-electron chi connectivity index (χ4n) is 5.00. The Bertz CT molecular complexity index is 1480. The van der Waals surface area contributed by atoms with Crippen molar-refractivity contribution in [3.8, 4) is 0 Å². The quantitative estimate of drug-likeness (QED) is 0.292. The minimum atomic E-state index is -3.58. The number of amides is 2. The zero-order chi connectivity index (χ0) is 31.1. The van der Waals surface area contributed by atoms with Gasteiger partial charge < -0.3 is 10.2 Å². The van der Waals surface area contributed by atoms with E-state index in [9.17, 15) is 18.0 Å². The highest BCUT2D eigenvalue weighted by molar-refractivity contribution is 7.92. The van der Waals surface area contributed by atoms with E-state index in [2.05, 4.69) is 5.32 Å². The SMILES string of the molecule is Cc1cccc(CN(C(=O)CCCN(c2cccc(C)c2C)S(C)(=O)=O)C(Cc2ccccc2)C(=O)NC(C)(C)C)c1. The van der Waals surface area contributed by atoms with Gasteiger partial charge >= 0.3 is 0 Å². The molecule has 3 aromatic carbocycles. The minimum absolute atomic E-state index is 0.0940. The van der Waals surface area contributed by atoms with E-state index < -0.39 is 21.6 Å². The standard InChI is InChI=1S/C34H45N3O4S/c1-25-14-11-18-29(22-25)24-36(31(33(39)35-34(4,5)6)23-28-16-9-8-10-17-28)32(38)20-13-21-37(42(7,40)41)30-19-12-15-26(2)27(30)3/h8-12,14-19,22,31H,13,20-21,23-24H2,1-7H3,(H,35,39). The van der Waals surface area contributed by atoms with Gasteiger partial charge in [-0.15, -0.1) is 0 Å². The van der Waals surface area contributed by atoms with Gasteiger partial charge in [-0.05, 0) is 76.3 Å². The Hall–Kier alpha value is -3.65. The molecule has 7 nitrogen and oxygen atoms in total. The molecule has 3 aromatic rings. The van der Waals surface area contributed by atoms with Crippen molar-refractivity contribution in [3.05, 3.63) is 101 Å². The maximum Gasteiger partial charge on any atom is 0.243 e.